The van der Waals surface area contributed by atoms with Crippen molar-refractivity contribution in [1.29, 1.82) is 0 Å². The number of carbonyl (C=O) groups is 2. The second-order valence-electron chi connectivity index (χ2n) is 10.4. The number of ether oxygens (including phenoxy) is 1. The summed E-state index contributed by atoms with van der Waals surface area (Å²) in [6, 6.07) is 18.8. The first-order valence-corrected chi connectivity index (χ1v) is 13.9. The van der Waals surface area contributed by atoms with Gasteiger partial charge in [-0.05, 0) is 35.9 Å². The number of piperazine rings is 1. The van der Waals surface area contributed by atoms with Gasteiger partial charge in [-0.15, -0.1) is 0 Å². The van der Waals surface area contributed by atoms with Crippen LogP contribution in [0.2, 0.25) is 0 Å². The number of fused-ring (bicyclic) bond motifs is 3. The van der Waals surface area contributed by atoms with Gasteiger partial charge in [0.15, 0.2) is 5.78 Å². The molecule has 3 aliphatic heterocycles. The van der Waals surface area contributed by atoms with Gasteiger partial charge in [0.25, 0.3) is 0 Å². The Balaban J connectivity index is 1.06. The molecule has 7 rings (SSSR count). The number of carbonyl (C=O) groups excluding carboxylic acids is 2. The number of Topliss-reactive ketones (excluding diaryl/α,β-unsaturated/α-hetero) is 1. The summed E-state index contributed by atoms with van der Waals surface area (Å²) in [7, 11) is 0. The molecule has 1 aliphatic carbocycles. The smallest absolute Gasteiger partial charge is 0.333 e. The van der Waals surface area contributed by atoms with Crippen molar-refractivity contribution in [3.8, 4) is 0 Å². The summed E-state index contributed by atoms with van der Waals surface area (Å²) in [5, 5.41) is 13.6. The van der Waals surface area contributed by atoms with Gasteiger partial charge in [0.2, 0.25) is 0 Å². The van der Waals surface area contributed by atoms with Gasteiger partial charge in [0.05, 0.1) is 30.0 Å². The first kappa shape index (κ1) is 25.4. The minimum atomic E-state index is -0.462. The van der Waals surface area contributed by atoms with Crippen molar-refractivity contribution in [2.75, 3.05) is 67.6 Å². The molecule has 1 atom stereocenters. The zero-order valence-electron chi connectivity index (χ0n) is 22.5. The van der Waals surface area contributed by atoms with E-state index in [1.807, 2.05) is 48.7 Å². The molecule has 2 fully saturated rings. The number of aromatic nitrogens is 1. The van der Waals surface area contributed by atoms with E-state index >= 15 is 0 Å². The molecule has 0 radical (unpaired) electrons. The Hall–Kier alpha value is -4.61. The number of rotatable bonds is 5. The standard InChI is InChI=1S/C30H30N8O3/c39-29-25-22(4-3-5-23(25)32-30(40)35-38-16-18-41-19-17-38)28-26(29)27(33-34-28)20-7-9-21(10-8-20)36-12-14-37(15-13-36)24-6-1-2-11-31-24/h1-11,28H,12-19H2,(H2,32,35,40). The number of pyridine rings is 1. The van der Waals surface area contributed by atoms with Crippen LogP contribution in [0.3, 0.4) is 0 Å². The highest BCUT2D eigenvalue weighted by Gasteiger charge is 2.42. The first-order chi connectivity index (χ1) is 20.2. The van der Waals surface area contributed by atoms with Crippen molar-refractivity contribution < 1.29 is 14.3 Å². The van der Waals surface area contributed by atoms with E-state index in [0.717, 1.165) is 48.8 Å². The van der Waals surface area contributed by atoms with Crippen LogP contribution in [0.25, 0.3) is 5.70 Å². The molecule has 1 unspecified atom stereocenters. The molecule has 0 saturated carbocycles. The topological polar surface area (TPSA) is 115 Å². The van der Waals surface area contributed by atoms with Gasteiger partial charge in [-0.3, -0.25) is 10.2 Å². The second-order valence-corrected chi connectivity index (χ2v) is 10.4. The van der Waals surface area contributed by atoms with Crippen molar-refractivity contribution in [2.45, 2.75) is 6.04 Å². The number of hydrazine groups is 1. The molecule has 1 aromatic heterocycles. The van der Waals surface area contributed by atoms with Gasteiger partial charge in [0, 0.05) is 56.7 Å². The summed E-state index contributed by atoms with van der Waals surface area (Å²) in [6.45, 7) is 5.94. The molecule has 0 bridgehead atoms. The lowest BCUT2D eigenvalue weighted by molar-refractivity contribution is 0.0207. The number of anilines is 3. The van der Waals surface area contributed by atoms with Gasteiger partial charge in [0.1, 0.15) is 17.6 Å². The molecule has 3 aromatic rings. The number of hydrogen-bond acceptors (Lipinski definition) is 9. The number of amides is 2. The molecule has 11 nitrogen and oxygen atoms in total. The van der Waals surface area contributed by atoms with Gasteiger partial charge in [-0.1, -0.05) is 30.3 Å². The Kier molecular flexibility index (Phi) is 6.65. The van der Waals surface area contributed by atoms with Crippen molar-refractivity contribution in [3.63, 3.8) is 0 Å². The fourth-order valence-electron chi connectivity index (χ4n) is 5.84. The predicted octanol–water partition coefficient (Wildman–Crippen LogP) is 3.89. The molecule has 208 valence electrons. The molecular weight excluding hydrogens is 520 g/mol. The Morgan fingerprint density at radius 3 is 2.41 bits per heavy atom. The number of azo groups is 1. The first-order valence-electron chi connectivity index (χ1n) is 13.9. The molecule has 2 N–H and O–H groups in total. The highest BCUT2D eigenvalue weighted by molar-refractivity contribution is 6.22. The van der Waals surface area contributed by atoms with Crippen LogP contribution in [0, 0.1) is 0 Å². The molecule has 2 saturated heterocycles. The summed E-state index contributed by atoms with van der Waals surface area (Å²) >= 11 is 0. The molecule has 0 spiro atoms. The molecular formula is C30H30N8O3. The van der Waals surface area contributed by atoms with Crippen LogP contribution >= 0.6 is 0 Å². The SMILES string of the molecule is O=C(Nc1cccc2c1C(=O)C1=C(c3ccc(N4CCN(c5ccccn5)CC4)cc3)N=NC12)NN1CCOCC1. The lowest BCUT2D eigenvalue weighted by atomic mass is 10.0. The quantitative estimate of drug-likeness (QED) is 0.495. The lowest BCUT2D eigenvalue weighted by Crippen LogP contribution is -2.49. The zero-order chi connectivity index (χ0) is 27.8. The third-order valence-electron chi connectivity index (χ3n) is 7.94. The maximum atomic E-state index is 13.7. The van der Waals surface area contributed by atoms with Crippen LogP contribution in [0.1, 0.15) is 27.5 Å². The number of ketones is 1. The maximum absolute atomic E-state index is 13.7. The normalized spacial score (nSPS) is 20.3. The van der Waals surface area contributed by atoms with E-state index in [9.17, 15) is 9.59 Å². The van der Waals surface area contributed by atoms with Crippen LogP contribution in [-0.2, 0) is 4.74 Å². The number of hydrogen-bond donors (Lipinski definition) is 2. The fourth-order valence-corrected chi connectivity index (χ4v) is 5.84. The lowest BCUT2D eigenvalue weighted by Gasteiger charge is -2.36. The number of nitrogens with zero attached hydrogens (tertiary/aromatic N) is 6. The van der Waals surface area contributed by atoms with E-state index in [1.165, 1.54) is 0 Å². The van der Waals surface area contributed by atoms with Crippen molar-refractivity contribution in [1.82, 2.24) is 15.4 Å². The van der Waals surface area contributed by atoms with Crippen LogP contribution in [0.5, 0.6) is 0 Å². The van der Waals surface area contributed by atoms with Gasteiger partial charge >= 0.3 is 6.03 Å². The average molecular weight is 551 g/mol. The second kappa shape index (κ2) is 10.8. The van der Waals surface area contributed by atoms with Crippen molar-refractivity contribution in [3.05, 3.63) is 89.1 Å². The molecule has 2 aromatic carbocycles. The van der Waals surface area contributed by atoms with Crippen LogP contribution in [-0.4, -0.2) is 74.3 Å². The largest absolute Gasteiger partial charge is 0.379 e. The highest BCUT2D eigenvalue weighted by atomic mass is 16.5. The fraction of sp³-hybridized carbons (Fsp3) is 0.300. The van der Waals surface area contributed by atoms with E-state index < -0.39 is 12.1 Å². The third kappa shape index (κ3) is 4.83. The summed E-state index contributed by atoms with van der Waals surface area (Å²) in [4.78, 5) is 35.5. The number of benzene rings is 2. The van der Waals surface area contributed by atoms with Crippen LogP contribution < -0.4 is 20.5 Å². The maximum Gasteiger partial charge on any atom is 0.333 e. The minimum absolute atomic E-state index is 0.151. The number of morpholine rings is 1. The Bertz CT molecular complexity index is 1530. The summed E-state index contributed by atoms with van der Waals surface area (Å²) in [6.07, 6.45) is 1.83. The third-order valence-corrected chi connectivity index (χ3v) is 7.94. The van der Waals surface area contributed by atoms with Crippen LogP contribution in [0.4, 0.5) is 22.0 Å². The minimum Gasteiger partial charge on any atom is -0.379 e. The highest BCUT2D eigenvalue weighted by Crippen LogP contribution is 2.49. The Morgan fingerprint density at radius 2 is 1.66 bits per heavy atom. The number of urea groups is 1. The molecule has 11 heteroatoms. The van der Waals surface area contributed by atoms with Gasteiger partial charge < -0.3 is 19.9 Å². The van der Waals surface area contributed by atoms with E-state index in [4.69, 9.17) is 4.74 Å². The monoisotopic (exact) mass is 550 g/mol. The van der Waals surface area contributed by atoms with E-state index in [2.05, 4.69) is 47.9 Å². The van der Waals surface area contributed by atoms with Crippen molar-refractivity contribution >= 4 is 34.7 Å². The summed E-state index contributed by atoms with van der Waals surface area (Å²) < 4.78 is 5.33. The molecule has 4 aliphatic rings. The summed E-state index contributed by atoms with van der Waals surface area (Å²) in [5.74, 6) is 0.859. The molecule has 41 heavy (non-hydrogen) atoms. The molecule has 4 heterocycles. The summed E-state index contributed by atoms with van der Waals surface area (Å²) in [5.41, 5.74) is 7.66. The molecule has 2 amide bonds. The number of nitrogens with one attached hydrogen (secondary N) is 2. The van der Waals surface area contributed by atoms with E-state index in [-0.39, 0.29) is 5.78 Å². The Morgan fingerprint density at radius 1 is 0.878 bits per heavy atom. The van der Waals surface area contributed by atoms with Crippen LogP contribution in [0.15, 0.2) is 82.7 Å². The van der Waals surface area contributed by atoms with Gasteiger partial charge in [-0.2, -0.15) is 10.2 Å². The Labute approximate surface area is 237 Å². The van der Waals surface area contributed by atoms with Crippen molar-refractivity contribution in [2.24, 2.45) is 10.2 Å². The zero-order valence-corrected chi connectivity index (χ0v) is 22.5. The van der Waals surface area contributed by atoms with E-state index in [1.54, 1.807) is 11.1 Å². The van der Waals surface area contributed by atoms with E-state index in [0.29, 0.717) is 48.8 Å². The van der Waals surface area contributed by atoms with Gasteiger partial charge in [-0.25, -0.2) is 14.8 Å². The predicted molar refractivity (Wildman–Crippen MR) is 155 cm³/mol. The average Bonchev–Trinajstić information content (AvgIpc) is 3.58.